The van der Waals surface area contributed by atoms with Crippen molar-refractivity contribution in [3.63, 3.8) is 0 Å². The van der Waals surface area contributed by atoms with Crippen LogP contribution in [0.3, 0.4) is 0 Å². The highest BCUT2D eigenvalue weighted by Crippen LogP contribution is 2.43. The first-order valence-electron chi connectivity index (χ1n) is 11.3. The Morgan fingerprint density at radius 3 is 2.66 bits per heavy atom. The van der Waals surface area contributed by atoms with Gasteiger partial charge in [0.15, 0.2) is 15.9 Å². The number of hydrogen-bond donors (Lipinski definition) is 1. The fraction of sp³-hybridized carbons (Fsp3) is 0.0741. The van der Waals surface area contributed by atoms with E-state index in [0.29, 0.717) is 25.7 Å². The first kappa shape index (κ1) is 26.1. The molecule has 11 heteroatoms. The molecule has 38 heavy (non-hydrogen) atoms. The normalized spacial score (nSPS) is 15.6. The molecule has 0 saturated carbocycles. The quantitative estimate of drug-likeness (QED) is 0.140. The minimum absolute atomic E-state index is 0.0486. The number of halogens is 2. The third-order valence-corrected chi connectivity index (χ3v) is 8.36. The summed E-state index contributed by atoms with van der Waals surface area (Å²) in [6, 6.07) is 17.1. The van der Waals surface area contributed by atoms with E-state index in [2.05, 4.69) is 15.2 Å². The van der Waals surface area contributed by atoms with Crippen molar-refractivity contribution in [1.82, 2.24) is 15.2 Å². The van der Waals surface area contributed by atoms with Crippen molar-refractivity contribution in [2.45, 2.75) is 16.1 Å². The number of anilines is 1. The summed E-state index contributed by atoms with van der Waals surface area (Å²) in [5.74, 6) is -1.34. The van der Waals surface area contributed by atoms with Gasteiger partial charge in [-0.25, -0.2) is 0 Å². The number of pyridine rings is 1. The second-order valence-corrected chi connectivity index (χ2v) is 11.1. The highest BCUT2D eigenvalue weighted by molar-refractivity contribution is 8.00. The van der Waals surface area contributed by atoms with Gasteiger partial charge in [-0.15, -0.1) is 10.2 Å². The van der Waals surface area contributed by atoms with Crippen molar-refractivity contribution in [2.24, 2.45) is 0 Å². The maximum Gasteiger partial charge on any atom is 0.296 e. The Hall–Kier alpha value is -3.50. The van der Waals surface area contributed by atoms with Gasteiger partial charge >= 0.3 is 0 Å². The number of ketones is 1. The summed E-state index contributed by atoms with van der Waals surface area (Å²) in [6.45, 7) is 0. The fourth-order valence-electron chi connectivity index (χ4n) is 3.87. The minimum atomic E-state index is -0.916. The monoisotopic (exact) mass is 580 g/mol. The summed E-state index contributed by atoms with van der Waals surface area (Å²) >= 11 is 14.8. The molecule has 0 fully saturated rings. The third kappa shape index (κ3) is 5.51. The molecule has 0 aliphatic carbocycles. The molecule has 2 aromatic heterocycles. The summed E-state index contributed by atoms with van der Waals surface area (Å²) in [5.41, 5.74) is 2.19. The van der Waals surface area contributed by atoms with Crippen LogP contribution in [0.25, 0.3) is 6.08 Å². The summed E-state index contributed by atoms with van der Waals surface area (Å²) in [7, 11) is 0. The van der Waals surface area contributed by atoms with Crippen molar-refractivity contribution in [2.75, 3.05) is 4.90 Å². The van der Waals surface area contributed by atoms with Crippen LogP contribution in [0.15, 0.2) is 94.8 Å². The maximum atomic E-state index is 13.3. The van der Waals surface area contributed by atoms with Crippen LogP contribution < -0.4 is 4.90 Å². The number of rotatable bonds is 8. The smallest absolute Gasteiger partial charge is 0.296 e. The van der Waals surface area contributed by atoms with Gasteiger partial charge in [-0.05, 0) is 41.0 Å². The van der Waals surface area contributed by atoms with Gasteiger partial charge in [0.2, 0.25) is 5.13 Å². The molecular weight excluding hydrogens is 563 g/mol. The zero-order valence-corrected chi connectivity index (χ0v) is 22.6. The molecule has 1 unspecified atom stereocenters. The van der Waals surface area contributed by atoms with E-state index in [4.69, 9.17) is 23.2 Å². The molecule has 0 radical (unpaired) electrons. The predicted molar refractivity (Wildman–Crippen MR) is 151 cm³/mol. The Kier molecular flexibility index (Phi) is 7.90. The number of aliphatic hydroxyl groups is 1. The zero-order valence-electron chi connectivity index (χ0n) is 19.5. The van der Waals surface area contributed by atoms with E-state index in [-0.39, 0.29) is 10.7 Å². The van der Waals surface area contributed by atoms with E-state index in [1.165, 1.54) is 34.1 Å². The lowest BCUT2D eigenvalue weighted by Gasteiger charge is -2.23. The molecule has 1 N–H and O–H groups in total. The molecule has 5 rings (SSSR count). The van der Waals surface area contributed by atoms with Crippen molar-refractivity contribution < 1.29 is 14.7 Å². The number of thioether (sulfide) groups is 1. The number of hydrogen-bond acceptors (Lipinski definition) is 8. The molecule has 0 spiro atoms. The van der Waals surface area contributed by atoms with E-state index in [1.807, 2.05) is 36.4 Å². The highest BCUT2D eigenvalue weighted by Gasteiger charge is 2.45. The Morgan fingerprint density at radius 2 is 1.92 bits per heavy atom. The number of aromatic nitrogens is 3. The second-order valence-electron chi connectivity index (χ2n) is 8.11. The molecule has 1 aliphatic heterocycles. The number of nitrogens with zero attached hydrogens (tertiary/aromatic N) is 4. The maximum absolute atomic E-state index is 13.3. The van der Waals surface area contributed by atoms with Crippen LogP contribution in [0.5, 0.6) is 0 Å². The number of aliphatic hydroxyl groups excluding tert-OH is 1. The largest absolute Gasteiger partial charge is 0.503 e. The molecule has 1 aliphatic rings. The number of carbonyl (C=O) groups is 2. The van der Waals surface area contributed by atoms with Gasteiger partial charge in [0.25, 0.3) is 5.91 Å². The number of carbonyl (C=O) groups excluding carboxylic acids is 2. The lowest BCUT2D eigenvalue weighted by Crippen LogP contribution is -2.30. The van der Waals surface area contributed by atoms with Gasteiger partial charge in [-0.1, -0.05) is 94.8 Å². The van der Waals surface area contributed by atoms with Gasteiger partial charge in [0.05, 0.1) is 11.6 Å². The predicted octanol–water partition coefficient (Wildman–Crippen LogP) is 6.71. The molecule has 1 amide bonds. The lowest BCUT2D eigenvalue weighted by molar-refractivity contribution is -0.117. The van der Waals surface area contributed by atoms with Crippen LogP contribution in [0.4, 0.5) is 5.13 Å². The van der Waals surface area contributed by atoms with Crippen LogP contribution in [0, 0.1) is 0 Å². The third-order valence-electron chi connectivity index (χ3n) is 5.67. The molecule has 2 aromatic carbocycles. The fourth-order valence-corrected chi connectivity index (χ4v) is 6.30. The highest BCUT2D eigenvalue weighted by atomic mass is 35.5. The van der Waals surface area contributed by atoms with Gasteiger partial charge in [0.1, 0.15) is 0 Å². The summed E-state index contributed by atoms with van der Waals surface area (Å²) in [6.07, 6.45) is 6.12. The Morgan fingerprint density at radius 1 is 1.11 bits per heavy atom. The Balaban J connectivity index is 1.43. The van der Waals surface area contributed by atoms with Crippen LogP contribution in [-0.4, -0.2) is 32.0 Å². The van der Waals surface area contributed by atoms with E-state index in [1.54, 1.807) is 42.7 Å². The van der Waals surface area contributed by atoms with Gasteiger partial charge in [-0.3, -0.25) is 19.5 Å². The zero-order chi connectivity index (χ0) is 26.6. The Labute approximate surface area is 236 Å². The number of allylic oxidation sites excluding steroid dienone is 1. The second kappa shape index (κ2) is 11.5. The standard InChI is InChI=1S/C27H18Cl2N4O3S2/c28-19-10-9-18(20(29)13-19)15-37-27-32-31-26(38-27)33-23(17-7-4-12-30-14-17)22(24(35)25(33)36)21(34)11-8-16-5-2-1-3-6-16/h1-14,23,35H,15H2. The molecule has 190 valence electrons. The van der Waals surface area contributed by atoms with E-state index < -0.39 is 23.5 Å². The van der Waals surface area contributed by atoms with E-state index >= 15 is 0 Å². The van der Waals surface area contributed by atoms with Gasteiger partial charge in [0, 0.05) is 28.2 Å². The lowest BCUT2D eigenvalue weighted by atomic mass is 9.97. The molecule has 4 aromatic rings. The van der Waals surface area contributed by atoms with E-state index in [9.17, 15) is 14.7 Å². The summed E-state index contributed by atoms with van der Waals surface area (Å²) < 4.78 is 0.590. The minimum Gasteiger partial charge on any atom is -0.503 e. The molecule has 0 bridgehead atoms. The number of benzene rings is 2. The average Bonchev–Trinajstić information content (AvgIpc) is 3.50. The van der Waals surface area contributed by atoms with E-state index in [0.717, 1.165) is 11.1 Å². The van der Waals surface area contributed by atoms with Gasteiger partial charge in [-0.2, -0.15) is 0 Å². The SMILES string of the molecule is O=C(C=Cc1ccccc1)C1=C(O)C(=O)N(c2nnc(SCc3ccc(Cl)cc3Cl)s2)C1c1cccnc1. The van der Waals surface area contributed by atoms with Crippen LogP contribution in [-0.2, 0) is 15.3 Å². The van der Waals surface area contributed by atoms with Crippen LogP contribution in [0.2, 0.25) is 10.0 Å². The molecular formula is C27H18Cl2N4O3S2. The molecule has 3 heterocycles. The van der Waals surface area contributed by atoms with Crippen molar-refractivity contribution in [3.05, 3.63) is 117 Å². The average molecular weight is 582 g/mol. The van der Waals surface area contributed by atoms with Crippen molar-refractivity contribution >= 4 is 69.2 Å². The van der Waals surface area contributed by atoms with Crippen molar-refractivity contribution in [1.29, 1.82) is 0 Å². The number of amides is 1. The molecule has 1 atom stereocenters. The molecule has 7 nitrogen and oxygen atoms in total. The topological polar surface area (TPSA) is 96.3 Å². The molecule has 0 saturated heterocycles. The summed E-state index contributed by atoms with van der Waals surface area (Å²) in [5, 5.41) is 20.6. The van der Waals surface area contributed by atoms with Gasteiger partial charge < -0.3 is 5.11 Å². The van der Waals surface area contributed by atoms with Crippen molar-refractivity contribution in [3.8, 4) is 0 Å². The van der Waals surface area contributed by atoms with Crippen LogP contribution in [0.1, 0.15) is 22.7 Å². The van der Waals surface area contributed by atoms with Crippen LogP contribution >= 0.6 is 46.3 Å². The first-order valence-corrected chi connectivity index (χ1v) is 13.8. The first-order chi connectivity index (χ1) is 18.4. The summed E-state index contributed by atoms with van der Waals surface area (Å²) in [4.78, 5) is 32.0. The Bertz CT molecular complexity index is 1560.